The summed E-state index contributed by atoms with van der Waals surface area (Å²) in [6.45, 7) is 8.16. The maximum Gasteiger partial charge on any atom is 0.252 e. The third kappa shape index (κ3) is 3.13. The molecule has 0 spiro atoms. The highest BCUT2D eigenvalue weighted by atomic mass is 79.9. The summed E-state index contributed by atoms with van der Waals surface area (Å²) >= 11 is 5.23. The van der Waals surface area contributed by atoms with E-state index in [1.54, 1.807) is 11.3 Å². The molecule has 1 unspecified atom stereocenters. The Kier molecular flexibility index (Phi) is 4.66. The standard InChI is InChI=1S/C16H18BrNOS/c1-9-8-14(12(4)20-9)11(3)18-16(19)13-6-5-7-15(17)10(13)2/h5-8,11H,1-4H3,(H,18,19). The fourth-order valence-corrected chi connectivity index (χ4v) is 3.67. The van der Waals surface area contributed by atoms with E-state index in [4.69, 9.17) is 0 Å². The van der Waals surface area contributed by atoms with Gasteiger partial charge in [0, 0.05) is 19.8 Å². The van der Waals surface area contributed by atoms with Crippen LogP contribution in [0.4, 0.5) is 0 Å². The number of halogens is 1. The van der Waals surface area contributed by atoms with Crippen LogP contribution in [-0.2, 0) is 0 Å². The Hall–Kier alpha value is -1.13. The van der Waals surface area contributed by atoms with E-state index in [0.717, 1.165) is 15.6 Å². The number of carbonyl (C=O) groups excluding carboxylic acids is 1. The van der Waals surface area contributed by atoms with E-state index < -0.39 is 0 Å². The highest BCUT2D eigenvalue weighted by Gasteiger charge is 2.16. The number of amides is 1. The Labute approximate surface area is 132 Å². The van der Waals surface area contributed by atoms with Crippen molar-refractivity contribution >= 4 is 33.2 Å². The average molecular weight is 352 g/mol. The van der Waals surface area contributed by atoms with Crippen molar-refractivity contribution in [3.05, 3.63) is 55.2 Å². The lowest BCUT2D eigenvalue weighted by atomic mass is 10.1. The molecule has 2 rings (SSSR count). The van der Waals surface area contributed by atoms with Crippen LogP contribution in [0.2, 0.25) is 0 Å². The molecule has 0 saturated heterocycles. The third-order valence-electron chi connectivity index (χ3n) is 3.41. The van der Waals surface area contributed by atoms with Crippen molar-refractivity contribution < 1.29 is 4.79 Å². The number of rotatable bonds is 3. The summed E-state index contributed by atoms with van der Waals surface area (Å²) in [6, 6.07) is 7.86. The molecule has 1 amide bonds. The SMILES string of the molecule is Cc1cc(C(C)NC(=O)c2cccc(Br)c2C)c(C)s1. The molecule has 0 aliphatic heterocycles. The number of benzene rings is 1. The molecule has 1 heterocycles. The van der Waals surface area contributed by atoms with Crippen molar-refractivity contribution in [1.82, 2.24) is 5.32 Å². The minimum Gasteiger partial charge on any atom is -0.345 e. The number of aryl methyl sites for hydroxylation is 2. The first-order valence-corrected chi connectivity index (χ1v) is 8.14. The number of carbonyl (C=O) groups is 1. The topological polar surface area (TPSA) is 29.1 Å². The molecule has 0 bridgehead atoms. The van der Waals surface area contributed by atoms with Crippen LogP contribution in [-0.4, -0.2) is 5.91 Å². The molecule has 2 nitrogen and oxygen atoms in total. The molecule has 0 aliphatic carbocycles. The van der Waals surface area contributed by atoms with E-state index in [1.165, 1.54) is 15.3 Å². The van der Waals surface area contributed by atoms with E-state index in [9.17, 15) is 4.79 Å². The Morgan fingerprint density at radius 1 is 1.30 bits per heavy atom. The fraction of sp³-hybridized carbons (Fsp3) is 0.312. The molecule has 0 saturated carbocycles. The van der Waals surface area contributed by atoms with Crippen molar-refractivity contribution in [2.75, 3.05) is 0 Å². The first-order chi connectivity index (χ1) is 9.40. The van der Waals surface area contributed by atoms with Gasteiger partial charge in [-0.05, 0) is 57.0 Å². The summed E-state index contributed by atoms with van der Waals surface area (Å²) < 4.78 is 0.959. The molecule has 106 valence electrons. The van der Waals surface area contributed by atoms with Crippen LogP contribution >= 0.6 is 27.3 Å². The Balaban J connectivity index is 2.19. The average Bonchev–Trinajstić information content (AvgIpc) is 2.71. The normalized spacial score (nSPS) is 12.2. The van der Waals surface area contributed by atoms with Gasteiger partial charge in [0.2, 0.25) is 0 Å². The molecule has 1 aromatic heterocycles. The van der Waals surface area contributed by atoms with E-state index in [0.29, 0.717) is 0 Å². The number of nitrogens with one attached hydrogen (secondary N) is 1. The second kappa shape index (κ2) is 6.10. The number of hydrogen-bond donors (Lipinski definition) is 1. The summed E-state index contributed by atoms with van der Waals surface area (Å²) in [7, 11) is 0. The Morgan fingerprint density at radius 3 is 2.60 bits per heavy atom. The summed E-state index contributed by atoms with van der Waals surface area (Å²) in [5.74, 6) is -0.0282. The monoisotopic (exact) mass is 351 g/mol. The molecule has 4 heteroatoms. The summed E-state index contributed by atoms with van der Waals surface area (Å²) in [5.41, 5.74) is 2.89. The van der Waals surface area contributed by atoms with Crippen molar-refractivity contribution in [2.45, 2.75) is 33.7 Å². The van der Waals surface area contributed by atoms with E-state index in [1.807, 2.05) is 32.0 Å². The molecule has 0 fully saturated rings. The zero-order chi connectivity index (χ0) is 14.9. The lowest BCUT2D eigenvalue weighted by molar-refractivity contribution is 0.0939. The molecule has 20 heavy (non-hydrogen) atoms. The molecule has 0 aliphatic rings. The van der Waals surface area contributed by atoms with Crippen LogP contribution in [0, 0.1) is 20.8 Å². The zero-order valence-electron chi connectivity index (χ0n) is 12.1. The van der Waals surface area contributed by atoms with Crippen LogP contribution in [0.1, 0.15) is 44.2 Å². The Bertz CT molecular complexity index is 648. The van der Waals surface area contributed by atoms with Gasteiger partial charge in [-0.25, -0.2) is 0 Å². The van der Waals surface area contributed by atoms with Gasteiger partial charge in [0.05, 0.1) is 6.04 Å². The Morgan fingerprint density at radius 2 is 2.00 bits per heavy atom. The second-order valence-electron chi connectivity index (χ2n) is 4.98. The van der Waals surface area contributed by atoms with E-state index in [-0.39, 0.29) is 11.9 Å². The lowest BCUT2D eigenvalue weighted by Crippen LogP contribution is -2.27. The van der Waals surface area contributed by atoms with Crippen LogP contribution in [0.15, 0.2) is 28.7 Å². The fourth-order valence-electron chi connectivity index (χ4n) is 2.29. The van der Waals surface area contributed by atoms with Gasteiger partial charge in [-0.15, -0.1) is 11.3 Å². The van der Waals surface area contributed by atoms with Gasteiger partial charge in [-0.1, -0.05) is 22.0 Å². The summed E-state index contributed by atoms with van der Waals surface area (Å²) in [5, 5.41) is 3.08. The molecular formula is C16H18BrNOS. The van der Waals surface area contributed by atoms with Crippen molar-refractivity contribution in [2.24, 2.45) is 0 Å². The van der Waals surface area contributed by atoms with E-state index >= 15 is 0 Å². The lowest BCUT2D eigenvalue weighted by Gasteiger charge is -2.15. The quantitative estimate of drug-likeness (QED) is 0.834. The second-order valence-corrected chi connectivity index (χ2v) is 7.29. The molecule has 1 N–H and O–H groups in total. The number of thiophene rings is 1. The third-order valence-corrected chi connectivity index (χ3v) is 5.25. The van der Waals surface area contributed by atoms with Crippen LogP contribution in [0.25, 0.3) is 0 Å². The van der Waals surface area contributed by atoms with Gasteiger partial charge < -0.3 is 5.32 Å². The summed E-state index contributed by atoms with van der Waals surface area (Å²) in [6.07, 6.45) is 0. The first kappa shape index (κ1) is 15.3. The number of hydrogen-bond acceptors (Lipinski definition) is 2. The van der Waals surface area contributed by atoms with E-state index in [2.05, 4.69) is 41.2 Å². The molecular weight excluding hydrogens is 334 g/mol. The van der Waals surface area contributed by atoms with Gasteiger partial charge >= 0.3 is 0 Å². The van der Waals surface area contributed by atoms with Gasteiger partial charge in [0.15, 0.2) is 0 Å². The minimum atomic E-state index is -0.0282. The predicted octanol–water partition coefficient (Wildman–Crippen LogP) is 4.93. The van der Waals surface area contributed by atoms with Gasteiger partial charge in [-0.3, -0.25) is 4.79 Å². The zero-order valence-corrected chi connectivity index (χ0v) is 14.5. The largest absolute Gasteiger partial charge is 0.345 e. The molecule has 1 aromatic carbocycles. The molecule has 2 aromatic rings. The van der Waals surface area contributed by atoms with Gasteiger partial charge in [0.25, 0.3) is 5.91 Å². The summed E-state index contributed by atoms with van der Waals surface area (Å²) in [4.78, 5) is 14.9. The van der Waals surface area contributed by atoms with Crippen LogP contribution < -0.4 is 5.32 Å². The predicted molar refractivity (Wildman–Crippen MR) is 88.6 cm³/mol. The molecule has 1 atom stereocenters. The minimum absolute atomic E-state index is 0.0193. The van der Waals surface area contributed by atoms with Crippen LogP contribution in [0.3, 0.4) is 0 Å². The van der Waals surface area contributed by atoms with Gasteiger partial charge in [0.1, 0.15) is 0 Å². The molecule has 0 radical (unpaired) electrons. The first-order valence-electron chi connectivity index (χ1n) is 6.53. The highest BCUT2D eigenvalue weighted by Crippen LogP contribution is 2.27. The van der Waals surface area contributed by atoms with Gasteiger partial charge in [-0.2, -0.15) is 0 Å². The van der Waals surface area contributed by atoms with Crippen molar-refractivity contribution in [1.29, 1.82) is 0 Å². The smallest absolute Gasteiger partial charge is 0.252 e. The van der Waals surface area contributed by atoms with Crippen molar-refractivity contribution in [3.8, 4) is 0 Å². The van der Waals surface area contributed by atoms with Crippen LogP contribution in [0.5, 0.6) is 0 Å². The van der Waals surface area contributed by atoms with Crippen molar-refractivity contribution in [3.63, 3.8) is 0 Å². The maximum atomic E-state index is 12.4. The maximum absolute atomic E-state index is 12.4. The highest BCUT2D eigenvalue weighted by molar-refractivity contribution is 9.10.